The molecule has 1 aliphatic carbocycles. The van der Waals surface area contributed by atoms with E-state index < -0.39 is 5.41 Å². The zero-order chi connectivity index (χ0) is 42.9. The number of hydrogen-bond acceptors (Lipinski definition) is 9. The van der Waals surface area contributed by atoms with Crippen molar-refractivity contribution in [3.8, 4) is 16.9 Å². The summed E-state index contributed by atoms with van der Waals surface area (Å²) in [7, 11) is 6.72. The standard InChI is InChI=1S/C47H42Cl2N10O3/c1-54-43(52-56(3)45(54)60)59-28-47(23-22-30-8-5-6-11-39(30)47)42(51-59)34-16-21-40(49)37(25-34)32-9-7-10-33(24-32)38-27-57(50-41(38)31-14-17-35(48)18-15-31)44-53-58(46(61)55(44)2)26-29-12-19-36(62-4)20-13-29/h5-21,24-25,38H,22-23,26-28H2,1-4H3/t38-,47+/m0/s1. The van der Waals surface area contributed by atoms with E-state index in [9.17, 15) is 9.59 Å². The summed E-state index contributed by atoms with van der Waals surface area (Å²) in [6.45, 7) is 1.28. The zero-order valence-corrected chi connectivity index (χ0v) is 36.0. The van der Waals surface area contributed by atoms with E-state index in [4.69, 9.17) is 43.2 Å². The molecule has 15 heteroatoms. The maximum absolute atomic E-state index is 13.5. The van der Waals surface area contributed by atoms with Gasteiger partial charge in [0.1, 0.15) is 5.75 Å². The first-order valence-electron chi connectivity index (χ1n) is 20.4. The summed E-state index contributed by atoms with van der Waals surface area (Å²) in [5, 5.41) is 24.6. The highest BCUT2D eigenvalue weighted by atomic mass is 35.5. The molecule has 0 fully saturated rings. The van der Waals surface area contributed by atoms with Crippen molar-refractivity contribution in [3.05, 3.63) is 180 Å². The SMILES string of the molecule is COc1ccc(Cn2nc(N3C[C@@H](c4cccc(-c5cc(C6=NN(c7nn(C)c(=O)n7C)C[C@@]67CCc6ccccc67)ccc5Cl)c4)C(c4ccc(Cl)cc4)=N3)n(C)c2=O)cc1. The fourth-order valence-corrected chi connectivity index (χ4v) is 9.55. The van der Waals surface area contributed by atoms with Gasteiger partial charge in [-0.3, -0.25) is 9.13 Å². The quantitative estimate of drug-likeness (QED) is 0.151. The van der Waals surface area contributed by atoms with Crippen LogP contribution in [0.25, 0.3) is 11.1 Å². The highest BCUT2D eigenvalue weighted by Gasteiger charge is 2.50. The topological polar surface area (TPSA) is 120 Å². The molecule has 0 bridgehead atoms. The van der Waals surface area contributed by atoms with E-state index in [1.807, 2.05) is 71.7 Å². The highest BCUT2D eigenvalue weighted by molar-refractivity contribution is 6.33. The predicted molar refractivity (Wildman–Crippen MR) is 243 cm³/mol. The van der Waals surface area contributed by atoms with Crippen molar-refractivity contribution in [1.29, 1.82) is 0 Å². The number of halogens is 2. The molecule has 62 heavy (non-hydrogen) atoms. The van der Waals surface area contributed by atoms with Crippen molar-refractivity contribution in [1.82, 2.24) is 28.7 Å². The van der Waals surface area contributed by atoms with Crippen LogP contribution >= 0.6 is 23.2 Å². The molecule has 2 atom stereocenters. The fourth-order valence-electron chi connectivity index (χ4n) is 9.20. The number of aryl methyl sites for hydroxylation is 2. The molecule has 1 spiro atoms. The number of methoxy groups -OCH3 is 1. The van der Waals surface area contributed by atoms with Gasteiger partial charge in [-0.15, -0.1) is 10.2 Å². The lowest BCUT2D eigenvalue weighted by Crippen LogP contribution is -2.37. The van der Waals surface area contributed by atoms with E-state index in [1.54, 1.807) is 37.8 Å². The lowest BCUT2D eigenvalue weighted by atomic mass is 9.75. The van der Waals surface area contributed by atoms with Gasteiger partial charge in [-0.2, -0.15) is 10.2 Å². The third-order valence-electron chi connectivity index (χ3n) is 12.4. The monoisotopic (exact) mass is 864 g/mol. The van der Waals surface area contributed by atoms with Crippen LogP contribution in [0.5, 0.6) is 5.75 Å². The smallest absolute Gasteiger partial charge is 0.347 e. The first-order chi connectivity index (χ1) is 30.0. The average Bonchev–Trinajstić information content (AvgIpc) is 4.11. The second kappa shape index (κ2) is 15.3. The van der Waals surface area contributed by atoms with Gasteiger partial charge >= 0.3 is 11.4 Å². The highest BCUT2D eigenvalue weighted by Crippen LogP contribution is 2.47. The summed E-state index contributed by atoms with van der Waals surface area (Å²) < 4.78 is 11.2. The Labute approximate surface area is 367 Å². The van der Waals surface area contributed by atoms with Crippen LogP contribution in [-0.2, 0) is 39.5 Å². The van der Waals surface area contributed by atoms with Crippen LogP contribution in [-0.4, -0.2) is 60.3 Å². The Hall–Kier alpha value is -6.70. The first-order valence-corrected chi connectivity index (χ1v) is 21.1. The molecule has 3 aliphatic rings. The summed E-state index contributed by atoms with van der Waals surface area (Å²) in [4.78, 5) is 26.4. The normalized spacial score (nSPS) is 18.1. The number of benzene rings is 5. The molecule has 4 heterocycles. The second-order valence-electron chi connectivity index (χ2n) is 16.1. The third kappa shape index (κ3) is 6.63. The maximum Gasteiger partial charge on any atom is 0.347 e. The Morgan fingerprint density at radius 2 is 1.48 bits per heavy atom. The molecule has 0 unspecified atom stereocenters. The zero-order valence-electron chi connectivity index (χ0n) is 34.5. The molecular formula is C47H42Cl2N10O3. The molecule has 2 aromatic heterocycles. The van der Waals surface area contributed by atoms with Crippen LogP contribution in [0.4, 0.5) is 11.9 Å². The molecule has 0 N–H and O–H groups in total. The number of hydrogen-bond donors (Lipinski definition) is 0. The third-order valence-corrected chi connectivity index (χ3v) is 13.0. The van der Waals surface area contributed by atoms with Gasteiger partial charge in [0.2, 0.25) is 11.9 Å². The molecule has 312 valence electrons. The van der Waals surface area contributed by atoms with E-state index in [-0.39, 0.29) is 17.3 Å². The van der Waals surface area contributed by atoms with Crippen molar-refractivity contribution in [2.45, 2.75) is 30.7 Å². The van der Waals surface area contributed by atoms with Gasteiger partial charge in [0.05, 0.1) is 43.6 Å². The van der Waals surface area contributed by atoms with Gasteiger partial charge < -0.3 is 4.74 Å². The first kappa shape index (κ1) is 39.4. The summed E-state index contributed by atoms with van der Waals surface area (Å²) in [6.07, 6.45) is 1.78. The van der Waals surface area contributed by atoms with Crippen molar-refractivity contribution in [2.24, 2.45) is 31.3 Å². The number of fused-ring (bicyclic) bond motifs is 2. The van der Waals surface area contributed by atoms with Crippen LogP contribution in [0, 0.1) is 0 Å². The lowest BCUT2D eigenvalue weighted by molar-refractivity contribution is 0.414. The molecule has 0 saturated heterocycles. The van der Waals surface area contributed by atoms with E-state index in [0.717, 1.165) is 63.4 Å². The Bertz CT molecular complexity index is 3070. The van der Waals surface area contributed by atoms with Crippen molar-refractivity contribution in [2.75, 3.05) is 30.2 Å². The molecule has 0 saturated carbocycles. The molecule has 5 aromatic carbocycles. The van der Waals surface area contributed by atoms with Crippen molar-refractivity contribution >= 4 is 46.5 Å². The summed E-state index contributed by atoms with van der Waals surface area (Å²) in [5.41, 5.74) is 8.97. The number of anilines is 2. The molecule has 0 amide bonds. The maximum atomic E-state index is 13.5. The number of ether oxygens (including phenoxy) is 1. The van der Waals surface area contributed by atoms with Gasteiger partial charge in [-0.1, -0.05) is 102 Å². The fraction of sp³-hybridized carbons (Fsp3) is 0.234. The van der Waals surface area contributed by atoms with E-state index in [2.05, 4.69) is 53.6 Å². The Kier molecular flexibility index (Phi) is 9.75. The van der Waals surface area contributed by atoms with Crippen LogP contribution in [0.1, 0.15) is 45.7 Å². The van der Waals surface area contributed by atoms with Crippen LogP contribution in [0.15, 0.2) is 135 Å². The second-order valence-corrected chi connectivity index (χ2v) is 16.9. The molecular weight excluding hydrogens is 823 g/mol. The number of hydrazone groups is 2. The van der Waals surface area contributed by atoms with Crippen molar-refractivity contribution < 1.29 is 4.74 Å². The van der Waals surface area contributed by atoms with Gasteiger partial charge in [0.15, 0.2) is 0 Å². The molecule has 2 aliphatic heterocycles. The Balaban J connectivity index is 1.02. The molecule has 10 rings (SSSR count). The van der Waals surface area contributed by atoms with Gasteiger partial charge in [-0.05, 0) is 88.2 Å². The van der Waals surface area contributed by atoms with Crippen LogP contribution < -0.4 is 26.1 Å². The molecule has 13 nitrogen and oxygen atoms in total. The van der Waals surface area contributed by atoms with Gasteiger partial charge in [0, 0.05) is 42.7 Å². The minimum atomic E-state index is -0.421. The Morgan fingerprint density at radius 3 is 2.24 bits per heavy atom. The van der Waals surface area contributed by atoms with Crippen LogP contribution in [0.2, 0.25) is 10.0 Å². The summed E-state index contributed by atoms with van der Waals surface area (Å²) in [5.74, 6) is 1.47. The van der Waals surface area contributed by atoms with E-state index >= 15 is 0 Å². The molecule has 7 aromatic rings. The molecule has 0 radical (unpaired) electrons. The minimum absolute atomic E-state index is 0.198. The van der Waals surface area contributed by atoms with Gasteiger partial charge in [-0.25, -0.2) is 29.0 Å². The lowest BCUT2D eigenvalue weighted by Gasteiger charge is -2.27. The number of aromatic nitrogens is 6. The number of rotatable bonds is 9. The summed E-state index contributed by atoms with van der Waals surface area (Å²) in [6, 6.07) is 38.3. The predicted octanol–water partition coefficient (Wildman–Crippen LogP) is 7.16. The van der Waals surface area contributed by atoms with E-state index in [1.165, 1.54) is 25.1 Å². The Morgan fingerprint density at radius 1 is 0.742 bits per heavy atom. The van der Waals surface area contributed by atoms with Crippen molar-refractivity contribution in [3.63, 3.8) is 0 Å². The van der Waals surface area contributed by atoms with E-state index in [0.29, 0.717) is 41.6 Å². The largest absolute Gasteiger partial charge is 0.497 e. The van der Waals surface area contributed by atoms with Gasteiger partial charge in [0.25, 0.3) is 0 Å². The number of nitrogens with zero attached hydrogens (tertiary/aromatic N) is 10. The summed E-state index contributed by atoms with van der Waals surface area (Å²) >= 11 is 13.5. The minimum Gasteiger partial charge on any atom is -0.497 e. The average molecular weight is 866 g/mol. The van der Waals surface area contributed by atoms with Crippen LogP contribution in [0.3, 0.4) is 0 Å².